The monoisotopic (exact) mass is 463 g/mol. The minimum Gasteiger partial charge on any atom is -0.376 e. The van der Waals surface area contributed by atoms with Crippen molar-refractivity contribution in [1.29, 1.82) is 0 Å². The molecule has 1 aliphatic heterocycles. The van der Waals surface area contributed by atoms with E-state index >= 15 is 0 Å². The Kier molecular flexibility index (Phi) is 7.91. The van der Waals surface area contributed by atoms with Gasteiger partial charge >= 0.3 is 0 Å². The summed E-state index contributed by atoms with van der Waals surface area (Å²) in [6.45, 7) is 1.18. The number of nitrogens with zero attached hydrogens (tertiary/aromatic N) is 2. The highest BCUT2D eigenvalue weighted by Gasteiger charge is 2.21. The van der Waals surface area contributed by atoms with Crippen molar-refractivity contribution in [2.45, 2.75) is 81.6 Å². The van der Waals surface area contributed by atoms with Gasteiger partial charge in [-0.05, 0) is 43.9 Å². The molecule has 1 aliphatic carbocycles. The third kappa shape index (κ3) is 6.02. The number of hydrogen-bond acceptors (Lipinski definition) is 5. The molecule has 2 fully saturated rings. The van der Waals surface area contributed by atoms with E-state index in [1.807, 2.05) is 0 Å². The van der Waals surface area contributed by atoms with E-state index in [0.717, 1.165) is 32.3 Å². The smallest absolute Gasteiger partial charge is 0.262 e. The summed E-state index contributed by atoms with van der Waals surface area (Å²) in [5.74, 6) is 0.236. The third-order valence-electron chi connectivity index (χ3n) is 6.10. The number of thioether (sulfide) groups is 1. The molecule has 0 spiro atoms. The maximum atomic E-state index is 13.2. The van der Waals surface area contributed by atoms with Crippen molar-refractivity contribution in [3.8, 4) is 0 Å². The second-order valence-corrected chi connectivity index (χ2v) is 9.88. The zero-order valence-electron chi connectivity index (χ0n) is 17.8. The summed E-state index contributed by atoms with van der Waals surface area (Å²) in [4.78, 5) is 30.5. The lowest BCUT2D eigenvalue weighted by molar-refractivity contribution is -0.119. The molecule has 2 heterocycles. The molecule has 4 rings (SSSR count). The number of carbonyl (C=O) groups is 1. The molecule has 2 aliphatic rings. The van der Waals surface area contributed by atoms with Gasteiger partial charge in [0.2, 0.25) is 5.91 Å². The third-order valence-corrected chi connectivity index (χ3v) is 7.31. The largest absolute Gasteiger partial charge is 0.376 e. The first kappa shape index (κ1) is 22.6. The fourth-order valence-electron chi connectivity index (χ4n) is 4.44. The van der Waals surface area contributed by atoms with Crippen LogP contribution in [-0.4, -0.2) is 40.0 Å². The minimum atomic E-state index is -0.111. The van der Waals surface area contributed by atoms with Gasteiger partial charge in [-0.15, -0.1) is 0 Å². The van der Waals surface area contributed by atoms with Crippen LogP contribution < -0.4 is 10.9 Å². The van der Waals surface area contributed by atoms with Gasteiger partial charge in [0.05, 0.1) is 29.3 Å². The maximum Gasteiger partial charge on any atom is 0.262 e. The van der Waals surface area contributed by atoms with Gasteiger partial charge in [0.1, 0.15) is 0 Å². The fourth-order valence-corrected chi connectivity index (χ4v) is 5.42. The van der Waals surface area contributed by atoms with Gasteiger partial charge in [0.25, 0.3) is 5.56 Å². The number of benzene rings is 1. The van der Waals surface area contributed by atoms with Crippen molar-refractivity contribution < 1.29 is 9.53 Å². The molecule has 2 aromatic rings. The van der Waals surface area contributed by atoms with Crippen LogP contribution in [0.3, 0.4) is 0 Å². The van der Waals surface area contributed by atoms with E-state index in [1.54, 1.807) is 22.8 Å². The molecule has 1 N–H and O–H groups in total. The van der Waals surface area contributed by atoms with E-state index in [9.17, 15) is 9.59 Å². The molecule has 0 bridgehead atoms. The summed E-state index contributed by atoms with van der Waals surface area (Å²) in [5, 5.41) is 4.80. The number of amides is 1. The van der Waals surface area contributed by atoms with Crippen molar-refractivity contribution >= 4 is 40.2 Å². The van der Waals surface area contributed by atoms with Gasteiger partial charge < -0.3 is 10.1 Å². The molecule has 8 heteroatoms. The lowest BCUT2D eigenvalue weighted by atomic mass is 9.97. The van der Waals surface area contributed by atoms with Crippen LogP contribution in [0, 0.1) is 0 Å². The van der Waals surface area contributed by atoms with E-state index < -0.39 is 0 Å². The van der Waals surface area contributed by atoms with Crippen LogP contribution in [0.2, 0.25) is 5.02 Å². The van der Waals surface area contributed by atoms with Crippen LogP contribution in [0.5, 0.6) is 0 Å². The highest BCUT2D eigenvalue weighted by atomic mass is 35.5. The molecule has 1 atom stereocenters. The zero-order valence-corrected chi connectivity index (χ0v) is 19.3. The number of rotatable bonds is 6. The highest BCUT2D eigenvalue weighted by molar-refractivity contribution is 7.99. The standard InChI is InChI=1S/C23H30ClN3O3S/c24-16-10-11-19-20(13-16)26-23(27(22(19)29)14-18-9-6-12-30-18)31-15-21(28)25-17-7-4-2-1-3-5-8-17/h10-11,13,17-18H,1-9,12,14-15H2,(H,25,28)/t18-/m0/s1. The normalized spacial score (nSPS) is 20.5. The van der Waals surface area contributed by atoms with Crippen molar-refractivity contribution in [3.63, 3.8) is 0 Å². The van der Waals surface area contributed by atoms with E-state index in [-0.39, 0.29) is 29.4 Å². The van der Waals surface area contributed by atoms with Crippen LogP contribution >= 0.6 is 23.4 Å². The van der Waals surface area contributed by atoms with Crippen molar-refractivity contribution in [3.05, 3.63) is 33.6 Å². The van der Waals surface area contributed by atoms with Crippen LogP contribution in [-0.2, 0) is 16.1 Å². The molecule has 1 aromatic heterocycles. The Hall–Kier alpha value is -1.57. The Morgan fingerprint density at radius 1 is 1.16 bits per heavy atom. The molecular weight excluding hydrogens is 434 g/mol. The topological polar surface area (TPSA) is 73.2 Å². The molecule has 168 valence electrons. The Labute approximate surface area is 192 Å². The lowest BCUT2D eigenvalue weighted by Crippen LogP contribution is -2.36. The molecule has 0 unspecified atom stereocenters. The van der Waals surface area contributed by atoms with Crippen molar-refractivity contribution in [2.24, 2.45) is 0 Å². The van der Waals surface area contributed by atoms with E-state index in [1.165, 1.54) is 43.9 Å². The van der Waals surface area contributed by atoms with Gasteiger partial charge in [-0.2, -0.15) is 0 Å². The van der Waals surface area contributed by atoms with Crippen LogP contribution in [0.1, 0.15) is 57.8 Å². The molecular formula is C23H30ClN3O3S. The first-order valence-corrected chi connectivity index (χ1v) is 12.7. The van der Waals surface area contributed by atoms with Crippen LogP contribution in [0.4, 0.5) is 0 Å². The Bertz CT molecular complexity index is 966. The predicted molar refractivity (Wildman–Crippen MR) is 125 cm³/mol. The zero-order chi connectivity index (χ0) is 21.6. The molecule has 0 radical (unpaired) electrons. The Balaban J connectivity index is 1.50. The summed E-state index contributed by atoms with van der Waals surface area (Å²) in [6.07, 6.45) is 10.2. The van der Waals surface area contributed by atoms with Crippen molar-refractivity contribution in [1.82, 2.24) is 14.9 Å². The molecule has 1 saturated carbocycles. The average Bonchev–Trinajstić information content (AvgIpc) is 3.24. The second-order valence-electron chi connectivity index (χ2n) is 8.50. The number of ether oxygens (including phenoxy) is 1. The van der Waals surface area contributed by atoms with E-state index in [2.05, 4.69) is 5.32 Å². The quantitative estimate of drug-likeness (QED) is 0.502. The van der Waals surface area contributed by atoms with E-state index in [4.69, 9.17) is 21.3 Å². The lowest BCUT2D eigenvalue weighted by Gasteiger charge is -2.21. The summed E-state index contributed by atoms with van der Waals surface area (Å²) < 4.78 is 7.42. The molecule has 1 amide bonds. The van der Waals surface area contributed by atoms with Gasteiger partial charge in [0.15, 0.2) is 5.16 Å². The average molecular weight is 464 g/mol. The van der Waals surface area contributed by atoms with Gasteiger partial charge in [-0.3, -0.25) is 14.2 Å². The van der Waals surface area contributed by atoms with E-state index in [0.29, 0.717) is 27.6 Å². The number of aromatic nitrogens is 2. The number of halogens is 1. The Morgan fingerprint density at radius 2 is 1.94 bits per heavy atom. The van der Waals surface area contributed by atoms with Gasteiger partial charge in [-0.25, -0.2) is 4.98 Å². The summed E-state index contributed by atoms with van der Waals surface area (Å²) in [5.41, 5.74) is 0.448. The number of nitrogens with one attached hydrogen (secondary N) is 1. The number of hydrogen-bond donors (Lipinski definition) is 1. The summed E-state index contributed by atoms with van der Waals surface area (Å²) >= 11 is 7.43. The van der Waals surface area contributed by atoms with Crippen molar-refractivity contribution in [2.75, 3.05) is 12.4 Å². The fraction of sp³-hybridized carbons (Fsp3) is 0.609. The molecule has 1 aromatic carbocycles. The summed E-state index contributed by atoms with van der Waals surface area (Å²) in [7, 11) is 0. The van der Waals surface area contributed by atoms with Gasteiger partial charge in [0, 0.05) is 17.7 Å². The summed E-state index contributed by atoms with van der Waals surface area (Å²) in [6, 6.07) is 5.38. The first-order valence-electron chi connectivity index (χ1n) is 11.3. The van der Waals surface area contributed by atoms with Crippen LogP contribution in [0.25, 0.3) is 10.9 Å². The van der Waals surface area contributed by atoms with Crippen LogP contribution in [0.15, 0.2) is 28.2 Å². The predicted octanol–water partition coefficient (Wildman–Crippen LogP) is 4.55. The minimum absolute atomic E-state index is 0.000296. The number of carbonyl (C=O) groups excluding carboxylic acids is 1. The Morgan fingerprint density at radius 3 is 2.68 bits per heavy atom. The first-order chi connectivity index (χ1) is 15.1. The number of fused-ring (bicyclic) bond motifs is 1. The molecule has 1 saturated heterocycles. The molecule has 31 heavy (non-hydrogen) atoms. The van der Waals surface area contributed by atoms with Gasteiger partial charge in [-0.1, -0.05) is 55.5 Å². The SMILES string of the molecule is O=C(CSc1nc2cc(Cl)ccc2c(=O)n1C[C@@H]1CCCO1)NC1CCCCCCC1. The highest BCUT2D eigenvalue weighted by Crippen LogP contribution is 2.23. The maximum absolute atomic E-state index is 13.2. The molecule has 6 nitrogen and oxygen atoms in total. The second kappa shape index (κ2) is 10.8.